The Morgan fingerprint density at radius 2 is 1.73 bits per heavy atom. The van der Waals surface area contributed by atoms with Gasteiger partial charge in [-0.2, -0.15) is 0 Å². The number of aromatic amines is 1. The molecule has 0 atom stereocenters. The molecule has 3 aromatic rings. The number of amides is 1. The van der Waals surface area contributed by atoms with Gasteiger partial charge in [-0.3, -0.25) is 9.59 Å². The molecule has 2 aromatic carbocycles. The van der Waals surface area contributed by atoms with Crippen LogP contribution in [-0.4, -0.2) is 21.1 Å². The van der Waals surface area contributed by atoms with Crippen molar-refractivity contribution in [3.8, 4) is 11.5 Å². The highest BCUT2D eigenvalue weighted by Crippen LogP contribution is 2.30. The van der Waals surface area contributed by atoms with E-state index in [0.717, 1.165) is 12.3 Å². The van der Waals surface area contributed by atoms with Crippen LogP contribution in [0.15, 0.2) is 53.5 Å². The minimum Gasteiger partial charge on any atom is -0.507 e. The molecular weight excluding hydrogens is 284 g/mol. The maximum atomic E-state index is 12.2. The van der Waals surface area contributed by atoms with E-state index in [0.29, 0.717) is 16.5 Å². The van der Waals surface area contributed by atoms with Gasteiger partial charge < -0.3 is 20.5 Å². The van der Waals surface area contributed by atoms with E-state index >= 15 is 0 Å². The zero-order chi connectivity index (χ0) is 15.7. The fourth-order valence-corrected chi connectivity index (χ4v) is 2.23. The summed E-state index contributed by atoms with van der Waals surface area (Å²) in [6.07, 6.45) is 1.15. The van der Waals surface area contributed by atoms with E-state index in [1.54, 1.807) is 36.4 Å². The number of rotatable bonds is 2. The number of carbonyl (C=O) groups is 1. The first kappa shape index (κ1) is 13.7. The zero-order valence-corrected chi connectivity index (χ0v) is 11.3. The molecule has 0 aliphatic heterocycles. The molecule has 0 saturated heterocycles. The second-order valence-electron chi connectivity index (χ2n) is 4.73. The van der Waals surface area contributed by atoms with E-state index < -0.39 is 17.2 Å². The topological polar surface area (TPSA) is 102 Å². The molecule has 22 heavy (non-hydrogen) atoms. The summed E-state index contributed by atoms with van der Waals surface area (Å²) < 4.78 is 0. The fourth-order valence-electron chi connectivity index (χ4n) is 2.23. The molecule has 0 fully saturated rings. The summed E-state index contributed by atoms with van der Waals surface area (Å²) in [4.78, 5) is 25.6. The number of hydrogen-bond acceptors (Lipinski definition) is 4. The standard InChI is InChI=1S/C16H12N2O4/c19-13-6-2-3-9-10(13)4-1-5-12(9)18-16(22)11-8-17-15(21)7-14(11)20/h1-8,19H,(H,18,22)(H2,17,20,21). The van der Waals surface area contributed by atoms with Gasteiger partial charge in [-0.15, -0.1) is 0 Å². The van der Waals surface area contributed by atoms with Crippen molar-refractivity contribution >= 4 is 22.4 Å². The minimum atomic E-state index is -0.565. The third kappa shape index (κ3) is 2.37. The second kappa shape index (κ2) is 5.25. The minimum absolute atomic E-state index is 0.0447. The lowest BCUT2D eigenvalue weighted by molar-refractivity contribution is 0.102. The molecular formula is C16H12N2O4. The van der Waals surface area contributed by atoms with Gasteiger partial charge in [0.2, 0.25) is 0 Å². The third-order valence-corrected chi connectivity index (χ3v) is 3.29. The van der Waals surface area contributed by atoms with E-state index in [1.165, 1.54) is 0 Å². The van der Waals surface area contributed by atoms with E-state index in [-0.39, 0.29) is 11.3 Å². The van der Waals surface area contributed by atoms with Crippen LogP contribution >= 0.6 is 0 Å². The lowest BCUT2D eigenvalue weighted by Crippen LogP contribution is -2.15. The molecule has 1 heterocycles. The van der Waals surface area contributed by atoms with Crippen LogP contribution in [0.5, 0.6) is 11.5 Å². The van der Waals surface area contributed by atoms with Gasteiger partial charge in [0.25, 0.3) is 11.5 Å². The number of aromatic hydroxyl groups is 2. The van der Waals surface area contributed by atoms with Crippen LogP contribution in [0.4, 0.5) is 5.69 Å². The molecule has 0 saturated carbocycles. The lowest BCUT2D eigenvalue weighted by Gasteiger charge is -2.10. The number of aromatic nitrogens is 1. The Bertz CT molecular complexity index is 931. The summed E-state index contributed by atoms with van der Waals surface area (Å²) in [5, 5.41) is 23.4. The predicted octanol–water partition coefficient (Wildman–Crippen LogP) is 2.19. The molecule has 0 unspecified atom stereocenters. The van der Waals surface area contributed by atoms with Crippen molar-refractivity contribution in [1.29, 1.82) is 0 Å². The first-order chi connectivity index (χ1) is 10.6. The van der Waals surface area contributed by atoms with Gasteiger partial charge in [0, 0.05) is 28.7 Å². The number of anilines is 1. The Hall–Kier alpha value is -3.28. The van der Waals surface area contributed by atoms with Crippen LogP contribution in [0, 0.1) is 0 Å². The molecule has 110 valence electrons. The highest BCUT2D eigenvalue weighted by Gasteiger charge is 2.13. The lowest BCUT2D eigenvalue weighted by atomic mass is 10.1. The largest absolute Gasteiger partial charge is 0.507 e. The Labute approximate surface area is 124 Å². The monoisotopic (exact) mass is 296 g/mol. The van der Waals surface area contributed by atoms with Gasteiger partial charge >= 0.3 is 0 Å². The molecule has 0 spiro atoms. The predicted molar refractivity (Wildman–Crippen MR) is 82.3 cm³/mol. The quantitative estimate of drug-likeness (QED) is 0.582. The average Bonchev–Trinajstić information content (AvgIpc) is 2.48. The highest BCUT2D eigenvalue weighted by molar-refractivity contribution is 6.10. The molecule has 6 nitrogen and oxygen atoms in total. The van der Waals surface area contributed by atoms with Crippen LogP contribution < -0.4 is 10.9 Å². The molecule has 0 radical (unpaired) electrons. The Morgan fingerprint density at radius 3 is 2.50 bits per heavy atom. The molecule has 6 heteroatoms. The van der Waals surface area contributed by atoms with Crippen molar-refractivity contribution in [3.05, 3.63) is 64.6 Å². The van der Waals surface area contributed by atoms with Gasteiger partial charge in [0.05, 0.1) is 5.56 Å². The number of hydrogen-bond donors (Lipinski definition) is 4. The number of carbonyl (C=O) groups excluding carboxylic acids is 1. The fraction of sp³-hybridized carbons (Fsp3) is 0. The highest BCUT2D eigenvalue weighted by atomic mass is 16.3. The van der Waals surface area contributed by atoms with Crippen LogP contribution in [0.1, 0.15) is 10.4 Å². The second-order valence-corrected chi connectivity index (χ2v) is 4.73. The number of pyridine rings is 1. The van der Waals surface area contributed by atoms with Gasteiger partial charge in [0.1, 0.15) is 11.5 Å². The number of nitrogens with one attached hydrogen (secondary N) is 2. The maximum absolute atomic E-state index is 12.2. The number of fused-ring (bicyclic) bond motifs is 1. The van der Waals surface area contributed by atoms with Crippen molar-refractivity contribution in [3.63, 3.8) is 0 Å². The molecule has 3 rings (SSSR count). The SMILES string of the molecule is O=C(Nc1cccc2c(O)cccc12)c1c[nH]c(=O)cc1O. The van der Waals surface area contributed by atoms with E-state index in [9.17, 15) is 19.8 Å². The van der Waals surface area contributed by atoms with Crippen molar-refractivity contribution in [2.24, 2.45) is 0 Å². The molecule has 4 N–H and O–H groups in total. The van der Waals surface area contributed by atoms with Crippen molar-refractivity contribution in [2.45, 2.75) is 0 Å². The van der Waals surface area contributed by atoms with E-state index in [4.69, 9.17) is 0 Å². The average molecular weight is 296 g/mol. The molecule has 1 amide bonds. The van der Waals surface area contributed by atoms with Crippen LogP contribution in [-0.2, 0) is 0 Å². The Morgan fingerprint density at radius 1 is 1.00 bits per heavy atom. The van der Waals surface area contributed by atoms with E-state index in [1.807, 2.05) is 0 Å². The number of phenolic OH excluding ortho intramolecular Hbond substituents is 1. The normalized spacial score (nSPS) is 10.5. The van der Waals surface area contributed by atoms with Crippen LogP contribution in [0.3, 0.4) is 0 Å². The number of phenols is 1. The summed E-state index contributed by atoms with van der Waals surface area (Å²) in [5.74, 6) is -0.852. The van der Waals surface area contributed by atoms with Crippen LogP contribution in [0.25, 0.3) is 10.8 Å². The van der Waals surface area contributed by atoms with Crippen molar-refractivity contribution < 1.29 is 15.0 Å². The smallest absolute Gasteiger partial charge is 0.260 e. The Kier molecular flexibility index (Phi) is 3.27. The first-order valence-corrected chi connectivity index (χ1v) is 6.50. The van der Waals surface area contributed by atoms with Crippen molar-refractivity contribution in [2.75, 3.05) is 5.32 Å². The zero-order valence-electron chi connectivity index (χ0n) is 11.3. The molecule has 0 bridgehead atoms. The van der Waals surface area contributed by atoms with Gasteiger partial charge in [-0.25, -0.2) is 0 Å². The summed E-state index contributed by atoms with van der Waals surface area (Å²) in [5.41, 5.74) is -0.0510. The molecule has 0 aliphatic carbocycles. The number of H-pyrrole nitrogens is 1. The maximum Gasteiger partial charge on any atom is 0.260 e. The van der Waals surface area contributed by atoms with E-state index in [2.05, 4.69) is 10.3 Å². The molecule has 1 aromatic heterocycles. The van der Waals surface area contributed by atoms with Gasteiger partial charge in [-0.05, 0) is 12.1 Å². The van der Waals surface area contributed by atoms with Crippen molar-refractivity contribution in [1.82, 2.24) is 4.98 Å². The summed E-state index contributed by atoms with van der Waals surface area (Å²) in [6, 6.07) is 11.0. The summed E-state index contributed by atoms with van der Waals surface area (Å²) in [6.45, 7) is 0. The summed E-state index contributed by atoms with van der Waals surface area (Å²) in [7, 11) is 0. The third-order valence-electron chi connectivity index (χ3n) is 3.29. The first-order valence-electron chi connectivity index (χ1n) is 6.50. The van der Waals surface area contributed by atoms with Gasteiger partial charge in [-0.1, -0.05) is 24.3 Å². The number of benzene rings is 2. The van der Waals surface area contributed by atoms with Crippen LogP contribution in [0.2, 0.25) is 0 Å². The van der Waals surface area contributed by atoms with Gasteiger partial charge in [0.15, 0.2) is 0 Å². The molecule has 0 aliphatic rings. The Balaban J connectivity index is 2.01. The summed E-state index contributed by atoms with van der Waals surface area (Å²) >= 11 is 0.